The van der Waals surface area contributed by atoms with Crippen LogP contribution >= 0.6 is 34.5 Å². The zero-order valence-electron chi connectivity index (χ0n) is 15.1. The number of rotatable bonds is 5. The molecule has 0 saturated heterocycles. The van der Waals surface area contributed by atoms with E-state index in [4.69, 9.17) is 27.9 Å². The number of fused-ring (bicyclic) bond motifs is 1. The maximum atomic E-state index is 12.8. The highest BCUT2D eigenvalue weighted by Crippen LogP contribution is 2.39. The number of ether oxygens (including phenoxy) is 1. The molecule has 0 bridgehead atoms. The average Bonchev–Trinajstić information content (AvgIpc) is 2.99. The van der Waals surface area contributed by atoms with E-state index in [1.165, 1.54) is 35.5 Å². The summed E-state index contributed by atoms with van der Waals surface area (Å²) in [6, 6.07) is 3.00. The van der Waals surface area contributed by atoms with Crippen molar-refractivity contribution < 1.29 is 14.3 Å². The van der Waals surface area contributed by atoms with Crippen LogP contribution in [-0.2, 0) is 12.8 Å². The molecule has 1 heterocycles. The quantitative estimate of drug-likeness (QED) is 0.710. The van der Waals surface area contributed by atoms with Gasteiger partial charge in [0.05, 0.1) is 22.7 Å². The lowest BCUT2D eigenvalue weighted by Gasteiger charge is -2.13. The topological polar surface area (TPSA) is 67.4 Å². The van der Waals surface area contributed by atoms with Gasteiger partial charge in [-0.25, -0.2) is 0 Å². The van der Waals surface area contributed by atoms with Crippen LogP contribution in [0, 0.1) is 0 Å². The fourth-order valence-electron chi connectivity index (χ4n) is 3.20. The third kappa shape index (κ3) is 4.08. The molecule has 0 spiro atoms. The minimum absolute atomic E-state index is 0.155. The Hall–Kier alpha value is -1.76. The Bertz CT molecular complexity index is 872. The van der Waals surface area contributed by atoms with E-state index in [9.17, 15) is 9.59 Å². The summed E-state index contributed by atoms with van der Waals surface area (Å²) in [5.41, 5.74) is 1.94. The van der Waals surface area contributed by atoms with Crippen molar-refractivity contribution in [2.75, 3.05) is 19.0 Å². The molecule has 1 aliphatic rings. The molecule has 1 aliphatic carbocycles. The lowest BCUT2D eigenvalue weighted by atomic mass is 9.95. The van der Waals surface area contributed by atoms with Crippen molar-refractivity contribution in [1.82, 2.24) is 5.32 Å². The minimum Gasteiger partial charge on any atom is -0.494 e. The summed E-state index contributed by atoms with van der Waals surface area (Å²) in [5.74, 6) is -0.201. The van der Waals surface area contributed by atoms with E-state index in [0.29, 0.717) is 28.4 Å². The average molecular weight is 427 g/mol. The van der Waals surface area contributed by atoms with E-state index in [1.54, 1.807) is 0 Å². The Labute approximate surface area is 172 Å². The van der Waals surface area contributed by atoms with Gasteiger partial charge in [-0.1, -0.05) is 23.2 Å². The maximum Gasteiger partial charge on any atom is 0.256 e. The molecule has 0 radical (unpaired) electrons. The van der Waals surface area contributed by atoms with Gasteiger partial charge >= 0.3 is 0 Å². The van der Waals surface area contributed by atoms with Crippen molar-refractivity contribution in [2.24, 2.45) is 0 Å². The summed E-state index contributed by atoms with van der Waals surface area (Å²) >= 11 is 13.7. The number of anilines is 1. The summed E-state index contributed by atoms with van der Waals surface area (Å²) in [6.45, 7) is 2.40. The number of methoxy groups -OCH3 is 1. The molecule has 2 amide bonds. The van der Waals surface area contributed by atoms with E-state index in [-0.39, 0.29) is 21.9 Å². The van der Waals surface area contributed by atoms with Gasteiger partial charge in [0.1, 0.15) is 5.00 Å². The van der Waals surface area contributed by atoms with Crippen LogP contribution in [0.15, 0.2) is 12.1 Å². The van der Waals surface area contributed by atoms with Crippen LogP contribution in [0.25, 0.3) is 0 Å². The SMILES string of the molecule is CCNC(=O)c1c(NC(=O)c2cc(Cl)c(OC)c(Cl)c2)sc2c1CCCC2. The molecule has 2 aromatic rings. The number of benzene rings is 1. The molecule has 1 aromatic carbocycles. The molecule has 0 aliphatic heterocycles. The van der Waals surface area contributed by atoms with Gasteiger partial charge in [0.25, 0.3) is 11.8 Å². The van der Waals surface area contributed by atoms with Crippen molar-refractivity contribution in [3.05, 3.63) is 43.7 Å². The number of nitrogens with one attached hydrogen (secondary N) is 2. The Morgan fingerprint density at radius 2 is 1.81 bits per heavy atom. The summed E-state index contributed by atoms with van der Waals surface area (Å²) in [4.78, 5) is 26.5. The van der Waals surface area contributed by atoms with Gasteiger partial charge < -0.3 is 15.4 Å². The Kier molecular flexibility index (Phi) is 6.29. The van der Waals surface area contributed by atoms with Gasteiger partial charge in [0.2, 0.25) is 0 Å². The monoisotopic (exact) mass is 426 g/mol. The van der Waals surface area contributed by atoms with Gasteiger partial charge in [-0.15, -0.1) is 11.3 Å². The molecule has 144 valence electrons. The predicted octanol–water partition coefficient (Wildman–Crippen LogP) is 4.94. The Balaban J connectivity index is 1.94. The molecule has 1 aromatic heterocycles. The van der Waals surface area contributed by atoms with Gasteiger partial charge in [0, 0.05) is 17.0 Å². The molecule has 27 heavy (non-hydrogen) atoms. The summed E-state index contributed by atoms with van der Waals surface area (Å²) in [6.07, 6.45) is 3.93. The van der Waals surface area contributed by atoms with Crippen molar-refractivity contribution in [3.8, 4) is 5.75 Å². The number of hydrogen-bond donors (Lipinski definition) is 2. The van der Waals surface area contributed by atoms with Gasteiger partial charge in [-0.05, 0) is 50.3 Å². The third-order valence-corrected chi connectivity index (χ3v) is 6.20. The number of thiophene rings is 1. The van der Waals surface area contributed by atoms with Crippen LogP contribution in [0.1, 0.15) is 50.9 Å². The normalized spacial score (nSPS) is 13.0. The lowest BCUT2D eigenvalue weighted by Crippen LogP contribution is -2.25. The highest BCUT2D eigenvalue weighted by atomic mass is 35.5. The standard InChI is InChI=1S/C19H20Cl2N2O3S/c1-3-22-18(25)15-11-6-4-5-7-14(11)27-19(15)23-17(24)10-8-12(20)16(26-2)13(21)9-10/h8-9H,3-7H2,1-2H3,(H,22,25)(H,23,24). The number of carbonyl (C=O) groups excluding carboxylic acids is 2. The number of halogens is 2. The predicted molar refractivity (Wildman–Crippen MR) is 110 cm³/mol. The van der Waals surface area contributed by atoms with E-state index in [0.717, 1.165) is 31.2 Å². The molecular formula is C19H20Cl2N2O3S. The second kappa shape index (κ2) is 8.50. The van der Waals surface area contributed by atoms with Gasteiger partial charge in [0.15, 0.2) is 5.75 Å². The third-order valence-electron chi connectivity index (χ3n) is 4.43. The Morgan fingerprint density at radius 1 is 1.15 bits per heavy atom. The highest BCUT2D eigenvalue weighted by Gasteiger charge is 2.26. The first-order chi connectivity index (χ1) is 13.0. The van der Waals surface area contributed by atoms with Crippen LogP contribution in [-0.4, -0.2) is 25.5 Å². The number of hydrogen-bond acceptors (Lipinski definition) is 4. The molecule has 0 fully saturated rings. The summed E-state index contributed by atoms with van der Waals surface area (Å²) in [5, 5.41) is 6.80. The zero-order chi connectivity index (χ0) is 19.6. The molecule has 2 N–H and O–H groups in total. The summed E-state index contributed by atoms with van der Waals surface area (Å²) in [7, 11) is 1.46. The molecule has 3 rings (SSSR count). The summed E-state index contributed by atoms with van der Waals surface area (Å²) < 4.78 is 5.11. The van der Waals surface area contributed by atoms with Crippen LogP contribution in [0.3, 0.4) is 0 Å². The maximum absolute atomic E-state index is 12.8. The molecule has 0 saturated carbocycles. The lowest BCUT2D eigenvalue weighted by molar-refractivity contribution is 0.0956. The van der Waals surface area contributed by atoms with Crippen molar-refractivity contribution >= 4 is 51.4 Å². The van der Waals surface area contributed by atoms with Crippen LogP contribution < -0.4 is 15.4 Å². The fraction of sp³-hybridized carbons (Fsp3) is 0.368. The number of aryl methyl sites for hydroxylation is 1. The van der Waals surface area contributed by atoms with Gasteiger partial charge in [-0.3, -0.25) is 9.59 Å². The van der Waals surface area contributed by atoms with Gasteiger partial charge in [-0.2, -0.15) is 0 Å². The van der Waals surface area contributed by atoms with E-state index < -0.39 is 0 Å². The second-order valence-electron chi connectivity index (χ2n) is 6.20. The van der Waals surface area contributed by atoms with Crippen LogP contribution in [0.5, 0.6) is 5.75 Å². The minimum atomic E-state index is -0.370. The largest absolute Gasteiger partial charge is 0.494 e. The molecule has 5 nitrogen and oxygen atoms in total. The van der Waals surface area contributed by atoms with E-state index in [1.807, 2.05) is 6.92 Å². The highest BCUT2D eigenvalue weighted by molar-refractivity contribution is 7.17. The van der Waals surface area contributed by atoms with Crippen LogP contribution in [0.4, 0.5) is 5.00 Å². The molecule has 0 atom stereocenters. The smallest absolute Gasteiger partial charge is 0.256 e. The van der Waals surface area contributed by atoms with Crippen molar-refractivity contribution in [3.63, 3.8) is 0 Å². The first-order valence-electron chi connectivity index (χ1n) is 8.73. The van der Waals surface area contributed by atoms with Crippen molar-refractivity contribution in [1.29, 1.82) is 0 Å². The first-order valence-corrected chi connectivity index (χ1v) is 10.3. The number of carbonyl (C=O) groups is 2. The molecule has 8 heteroatoms. The second-order valence-corrected chi connectivity index (χ2v) is 8.12. The fourth-order valence-corrected chi connectivity index (χ4v) is 5.13. The van der Waals surface area contributed by atoms with Crippen molar-refractivity contribution in [2.45, 2.75) is 32.6 Å². The van der Waals surface area contributed by atoms with E-state index >= 15 is 0 Å². The molecule has 0 unspecified atom stereocenters. The zero-order valence-corrected chi connectivity index (χ0v) is 17.4. The molecular weight excluding hydrogens is 407 g/mol. The first kappa shape index (κ1) is 20.0. The Morgan fingerprint density at radius 3 is 2.44 bits per heavy atom. The van der Waals surface area contributed by atoms with Crippen LogP contribution in [0.2, 0.25) is 10.0 Å². The number of amides is 2. The van der Waals surface area contributed by atoms with E-state index in [2.05, 4.69) is 10.6 Å².